The first-order valence-electron chi connectivity index (χ1n) is 6.62. The molecular formula is C14H18N4O. The number of H-pyrrole nitrogens is 1. The highest BCUT2D eigenvalue weighted by Gasteiger charge is 2.15. The lowest BCUT2D eigenvalue weighted by Crippen LogP contribution is -2.13. The number of aryl methyl sites for hydroxylation is 1. The summed E-state index contributed by atoms with van der Waals surface area (Å²) in [5.41, 5.74) is 2.13. The van der Waals surface area contributed by atoms with Crippen LogP contribution in [0.4, 0.5) is 5.69 Å². The molecule has 0 saturated carbocycles. The van der Waals surface area contributed by atoms with Crippen molar-refractivity contribution >= 4 is 5.69 Å². The van der Waals surface area contributed by atoms with Crippen LogP contribution in [0.5, 0.6) is 0 Å². The van der Waals surface area contributed by atoms with E-state index >= 15 is 0 Å². The molecule has 2 heterocycles. The van der Waals surface area contributed by atoms with E-state index in [1.165, 1.54) is 0 Å². The Morgan fingerprint density at radius 3 is 3.16 bits per heavy atom. The molecule has 1 aromatic heterocycles. The zero-order valence-corrected chi connectivity index (χ0v) is 11.0. The zero-order chi connectivity index (χ0) is 13.1. The predicted octanol–water partition coefficient (Wildman–Crippen LogP) is 2.23. The van der Waals surface area contributed by atoms with E-state index in [4.69, 9.17) is 4.74 Å². The van der Waals surface area contributed by atoms with Crippen molar-refractivity contribution < 1.29 is 4.74 Å². The van der Waals surface area contributed by atoms with Crippen molar-refractivity contribution in [3.63, 3.8) is 0 Å². The smallest absolute Gasteiger partial charge is 0.181 e. The van der Waals surface area contributed by atoms with Crippen LogP contribution in [-0.2, 0) is 4.74 Å². The fourth-order valence-electron chi connectivity index (χ4n) is 2.25. The zero-order valence-electron chi connectivity index (χ0n) is 11.0. The number of rotatable bonds is 4. The van der Waals surface area contributed by atoms with Gasteiger partial charge in [-0.15, -0.1) is 0 Å². The predicted molar refractivity (Wildman–Crippen MR) is 74.0 cm³/mol. The van der Waals surface area contributed by atoms with Crippen molar-refractivity contribution in [2.24, 2.45) is 5.92 Å². The van der Waals surface area contributed by atoms with Gasteiger partial charge in [-0.1, -0.05) is 12.1 Å². The van der Waals surface area contributed by atoms with Crippen LogP contribution in [0, 0.1) is 12.8 Å². The molecule has 0 aliphatic carbocycles. The highest BCUT2D eigenvalue weighted by atomic mass is 16.5. The molecule has 2 N–H and O–H groups in total. The molecular weight excluding hydrogens is 240 g/mol. The molecule has 5 heteroatoms. The molecule has 1 aliphatic heterocycles. The van der Waals surface area contributed by atoms with Gasteiger partial charge in [-0.25, -0.2) is 4.98 Å². The van der Waals surface area contributed by atoms with Gasteiger partial charge in [-0.2, -0.15) is 5.10 Å². The molecule has 2 aromatic rings. The average Bonchev–Trinajstić information content (AvgIpc) is 3.08. The van der Waals surface area contributed by atoms with E-state index in [2.05, 4.69) is 32.6 Å². The number of aromatic amines is 1. The molecule has 0 amide bonds. The van der Waals surface area contributed by atoms with Crippen LogP contribution in [0.25, 0.3) is 11.4 Å². The van der Waals surface area contributed by atoms with Gasteiger partial charge in [0.2, 0.25) is 0 Å². The van der Waals surface area contributed by atoms with Crippen molar-refractivity contribution in [3.05, 3.63) is 30.1 Å². The molecule has 3 rings (SSSR count). The molecule has 0 spiro atoms. The second-order valence-electron chi connectivity index (χ2n) is 4.94. The number of aromatic nitrogens is 3. The number of nitrogens with one attached hydrogen (secondary N) is 2. The van der Waals surface area contributed by atoms with Crippen molar-refractivity contribution in [1.82, 2.24) is 15.2 Å². The summed E-state index contributed by atoms with van der Waals surface area (Å²) < 4.78 is 5.38. The van der Waals surface area contributed by atoms with Crippen LogP contribution in [0.2, 0.25) is 0 Å². The van der Waals surface area contributed by atoms with E-state index in [0.29, 0.717) is 5.92 Å². The quantitative estimate of drug-likeness (QED) is 0.882. The summed E-state index contributed by atoms with van der Waals surface area (Å²) in [5, 5.41) is 10.5. The number of hydrogen-bond donors (Lipinski definition) is 2. The third kappa shape index (κ3) is 2.93. The minimum Gasteiger partial charge on any atom is -0.385 e. The van der Waals surface area contributed by atoms with E-state index in [1.807, 2.05) is 19.1 Å². The maximum Gasteiger partial charge on any atom is 0.181 e. The first-order valence-corrected chi connectivity index (χ1v) is 6.62. The fraction of sp³-hybridized carbons (Fsp3) is 0.429. The Morgan fingerprint density at radius 1 is 1.47 bits per heavy atom. The first-order chi connectivity index (χ1) is 9.31. The maximum absolute atomic E-state index is 5.38. The van der Waals surface area contributed by atoms with Gasteiger partial charge in [0.1, 0.15) is 5.82 Å². The Morgan fingerprint density at radius 2 is 2.42 bits per heavy atom. The van der Waals surface area contributed by atoms with Gasteiger partial charge in [-0.3, -0.25) is 5.10 Å². The fourth-order valence-corrected chi connectivity index (χ4v) is 2.25. The van der Waals surface area contributed by atoms with E-state index in [0.717, 1.165) is 49.1 Å². The molecule has 100 valence electrons. The van der Waals surface area contributed by atoms with Gasteiger partial charge in [-0.05, 0) is 25.5 Å². The van der Waals surface area contributed by atoms with Crippen LogP contribution in [0.3, 0.4) is 0 Å². The van der Waals surface area contributed by atoms with E-state index in [-0.39, 0.29) is 0 Å². The van der Waals surface area contributed by atoms with Crippen LogP contribution in [0.15, 0.2) is 24.3 Å². The van der Waals surface area contributed by atoms with E-state index in [1.54, 1.807) is 0 Å². The Labute approximate surface area is 112 Å². The lowest BCUT2D eigenvalue weighted by molar-refractivity contribution is 0.187. The average molecular weight is 258 g/mol. The van der Waals surface area contributed by atoms with Gasteiger partial charge < -0.3 is 10.1 Å². The minimum atomic E-state index is 0.620. The first kappa shape index (κ1) is 12.2. The standard InChI is InChI=1S/C14H18N4O/c1-10-16-14(18-17-10)12-3-2-4-13(7-12)15-8-11-5-6-19-9-11/h2-4,7,11,15H,5-6,8-9H2,1H3,(H,16,17,18). The highest BCUT2D eigenvalue weighted by molar-refractivity contribution is 5.62. The van der Waals surface area contributed by atoms with Gasteiger partial charge >= 0.3 is 0 Å². The van der Waals surface area contributed by atoms with Gasteiger partial charge in [0, 0.05) is 30.3 Å². The molecule has 1 saturated heterocycles. The molecule has 1 aliphatic rings. The van der Waals surface area contributed by atoms with Gasteiger partial charge in [0.25, 0.3) is 0 Å². The Bertz CT molecular complexity index is 546. The molecule has 0 radical (unpaired) electrons. The van der Waals surface area contributed by atoms with Crippen molar-refractivity contribution in [2.45, 2.75) is 13.3 Å². The maximum atomic E-state index is 5.38. The summed E-state index contributed by atoms with van der Waals surface area (Å²) in [6.45, 7) is 4.62. The van der Waals surface area contributed by atoms with Crippen LogP contribution in [0.1, 0.15) is 12.2 Å². The summed E-state index contributed by atoms with van der Waals surface area (Å²) in [7, 11) is 0. The summed E-state index contributed by atoms with van der Waals surface area (Å²) in [4.78, 5) is 4.35. The monoisotopic (exact) mass is 258 g/mol. The lowest BCUT2D eigenvalue weighted by Gasteiger charge is -2.11. The normalized spacial score (nSPS) is 18.7. The molecule has 1 unspecified atom stereocenters. The number of anilines is 1. The number of hydrogen-bond acceptors (Lipinski definition) is 4. The van der Waals surface area contributed by atoms with Crippen molar-refractivity contribution in [1.29, 1.82) is 0 Å². The molecule has 0 bridgehead atoms. The second kappa shape index (κ2) is 5.40. The summed E-state index contributed by atoms with van der Waals surface area (Å²) in [6.07, 6.45) is 1.15. The third-order valence-corrected chi connectivity index (χ3v) is 3.34. The number of nitrogens with zero attached hydrogens (tertiary/aromatic N) is 2. The molecule has 1 aromatic carbocycles. The molecule has 5 nitrogen and oxygen atoms in total. The number of benzene rings is 1. The SMILES string of the molecule is Cc1nc(-c2cccc(NCC3CCOC3)c2)n[nH]1. The minimum absolute atomic E-state index is 0.620. The largest absolute Gasteiger partial charge is 0.385 e. The summed E-state index contributed by atoms with van der Waals surface area (Å²) in [5.74, 6) is 2.19. The Balaban J connectivity index is 1.69. The van der Waals surface area contributed by atoms with Crippen molar-refractivity contribution in [3.8, 4) is 11.4 Å². The van der Waals surface area contributed by atoms with Crippen LogP contribution in [-0.4, -0.2) is 34.9 Å². The molecule has 19 heavy (non-hydrogen) atoms. The highest BCUT2D eigenvalue weighted by Crippen LogP contribution is 2.20. The van der Waals surface area contributed by atoms with E-state index < -0.39 is 0 Å². The van der Waals surface area contributed by atoms with Crippen LogP contribution < -0.4 is 5.32 Å². The number of ether oxygens (including phenoxy) is 1. The van der Waals surface area contributed by atoms with Crippen molar-refractivity contribution in [2.75, 3.05) is 25.1 Å². The third-order valence-electron chi connectivity index (χ3n) is 3.34. The van der Waals surface area contributed by atoms with Crippen LogP contribution >= 0.6 is 0 Å². The molecule has 1 fully saturated rings. The topological polar surface area (TPSA) is 62.8 Å². The second-order valence-corrected chi connectivity index (χ2v) is 4.94. The summed E-state index contributed by atoms with van der Waals surface area (Å²) >= 11 is 0. The molecule has 1 atom stereocenters. The lowest BCUT2D eigenvalue weighted by atomic mass is 10.1. The Kier molecular flexibility index (Phi) is 3.46. The van der Waals surface area contributed by atoms with E-state index in [9.17, 15) is 0 Å². The van der Waals surface area contributed by atoms with Gasteiger partial charge in [0.05, 0.1) is 6.61 Å². The van der Waals surface area contributed by atoms with Gasteiger partial charge in [0.15, 0.2) is 5.82 Å². The summed E-state index contributed by atoms with van der Waals surface area (Å²) in [6, 6.07) is 8.19. The Hall–Kier alpha value is -1.88.